The first-order valence-corrected chi connectivity index (χ1v) is 7.08. The van der Waals surface area contributed by atoms with Crippen molar-refractivity contribution in [2.75, 3.05) is 19.8 Å². The van der Waals surface area contributed by atoms with Crippen LogP contribution in [0.4, 0.5) is 0 Å². The van der Waals surface area contributed by atoms with E-state index in [1.807, 2.05) is 0 Å². The van der Waals surface area contributed by atoms with Crippen LogP contribution in [0.25, 0.3) is 0 Å². The maximum atomic E-state index is 5.71. The quantitative estimate of drug-likeness (QED) is 0.780. The van der Waals surface area contributed by atoms with Gasteiger partial charge in [0.15, 0.2) is 0 Å². The summed E-state index contributed by atoms with van der Waals surface area (Å²) in [5, 5.41) is 3.88. The molecule has 0 amide bonds. The largest absolute Gasteiger partial charge is 0.381 e. The van der Waals surface area contributed by atoms with Crippen molar-refractivity contribution < 1.29 is 4.74 Å². The van der Waals surface area contributed by atoms with E-state index in [9.17, 15) is 0 Å². The van der Waals surface area contributed by atoms with Crippen LogP contribution in [0.1, 0.15) is 52.4 Å². The first-order chi connectivity index (χ1) is 7.76. The molecule has 2 atom stereocenters. The molecular formula is C14H27NO. The van der Waals surface area contributed by atoms with Crippen LogP contribution >= 0.6 is 0 Å². The lowest BCUT2D eigenvalue weighted by Gasteiger charge is -2.46. The predicted molar refractivity (Wildman–Crippen MR) is 67.6 cm³/mol. The zero-order chi connectivity index (χ0) is 11.4. The van der Waals surface area contributed by atoms with Crippen LogP contribution in [0.5, 0.6) is 0 Å². The Morgan fingerprint density at radius 3 is 2.75 bits per heavy atom. The van der Waals surface area contributed by atoms with Crippen molar-refractivity contribution in [2.24, 2.45) is 11.8 Å². The van der Waals surface area contributed by atoms with E-state index in [0.29, 0.717) is 5.54 Å². The third kappa shape index (κ3) is 2.43. The maximum Gasteiger partial charge on any atom is 0.0512 e. The Morgan fingerprint density at radius 1 is 1.19 bits per heavy atom. The molecule has 2 saturated heterocycles. The fourth-order valence-electron chi connectivity index (χ4n) is 3.59. The smallest absolute Gasteiger partial charge is 0.0512 e. The molecule has 2 aliphatic heterocycles. The van der Waals surface area contributed by atoms with Gasteiger partial charge in [-0.05, 0) is 38.1 Å². The topological polar surface area (TPSA) is 21.3 Å². The van der Waals surface area contributed by atoms with Gasteiger partial charge in [-0.3, -0.25) is 0 Å². The van der Waals surface area contributed by atoms with Gasteiger partial charge in [-0.1, -0.05) is 26.7 Å². The SMILES string of the molecule is CC(C)C1(C2CCCOC2)CCCCCN1. The molecule has 2 fully saturated rings. The summed E-state index contributed by atoms with van der Waals surface area (Å²) >= 11 is 0. The van der Waals surface area contributed by atoms with Crippen LogP contribution in [-0.4, -0.2) is 25.3 Å². The number of rotatable bonds is 2. The monoisotopic (exact) mass is 225 g/mol. The minimum atomic E-state index is 0.358. The van der Waals surface area contributed by atoms with Crippen molar-refractivity contribution in [1.29, 1.82) is 0 Å². The molecule has 0 bridgehead atoms. The van der Waals surface area contributed by atoms with Crippen LogP contribution in [0.3, 0.4) is 0 Å². The van der Waals surface area contributed by atoms with Crippen LogP contribution < -0.4 is 5.32 Å². The van der Waals surface area contributed by atoms with Gasteiger partial charge in [0.05, 0.1) is 6.61 Å². The van der Waals surface area contributed by atoms with Crippen LogP contribution in [0.15, 0.2) is 0 Å². The summed E-state index contributed by atoms with van der Waals surface area (Å²) in [5.41, 5.74) is 0.358. The highest BCUT2D eigenvalue weighted by Gasteiger charge is 2.41. The fraction of sp³-hybridized carbons (Fsp3) is 1.00. The van der Waals surface area contributed by atoms with Gasteiger partial charge in [-0.15, -0.1) is 0 Å². The molecule has 16 heavy (non-hydrogen) atoms. The molecule has 2 aliphatic rings. The lowest BCUT2D eigenvalue weighted by Crippen LogP contribution is -2.57. The zero-order valence-electron chi connectivity index (χ0n) is 10.9. The average molecular weight is 225 g/mol. The van der Waals surface area contributed by atoms with Crippen molar-refractivity contribution in [2.45, 2.75) is 57.9 Å². The minimum absolute atomic E-state index is 0.358. The Kier molecular flexibility index (Phi) is 4.26. The zero-order valence-corrected chi connectivity index (χ0v) is 10.9. The van der Waals surface area contributed by atoms with E-state index in [4.69, 9.17) is 4.74 Å². The minimum Gasteiger partial charge on any atom is -0.381 e. The Hall–Kier alpha value is -0.0800. The van der Waals surface area contributed by atoms with E-state index in [1.165, 1.54) is 45.1 Å². The first-order valence-electron chi connectivity index (χ1n) is 7.08. The third-order valence-electron chi connectivity index (χ3n) is 4.64. The van der Waals surface area contributed by atoms with Gasteiger partial charge in [-0.25, -0.2) is 0 Å². The molecule has 0 saturated carbocycles. The fourth-order valence-corrected chi connectivity index (χ4v) is 3.59. The molecule has 0 spiro atoms. The summed E-state index contributed by atoms with van der Waals surface area (Å²) in [5.74, 6) is 1.46. The van der Waals surface area contributed by atoms with Crippen LogP contribution in [-0.2, 0) is 4.74 Å². The normalized spacial score (nSPS) is 37.3. The highest BCUT2D eigenvalue weighted by Crippen LogP contribution is 2.37. The number of nitrogens with one attached hydrogen (secondary N) is 1. The van der Waals surface area contributed by atoms with Gasteiger partial charge in [0.2, 0.25) is 0 Å². The lowest BCUT2D eigenvalue weighted by molar-refractivity contribution is -0.00770. The van der Waals surface area contributed by atoms with Crippen molar-refractivity contribution in [1.82, 2.24) is 5.32 Å². The van der Waals surface area contributed by atoms with E-state index in [2.05, 4.69) is 19.2 Å². The van der Waals surface area contributed by atoms with Crippen molar-refractivity contribution in [3.63, 3.8) is 0 Å². The van der Waals surface area contributed by atoms with Crippen molar-refractivity contribution in [3.8, 4) is 0 Å². The molecule has 0 aliphatic carbocycles. The van der Waals surface area contributed by atoms with Gasteiger partial charge in [0.1, 0.15) is 0 Å². The summed E-state index contributed by atoms with van der Waals surface area (Å²) in [6, 6.07) is 0. The highest BCUT2D eigenvalue weighted by atomic mass is 16.5. The molecule has 94 valence electrons. The highest BCUT2D eigenvalue weighted by molar-refractivity contribution is 4.98. The molecule has 1 N–H and O–H groups in total. The van der Waals surface area contributed by atoms with Gasteiger partial charge in [0.25, 0.3) is 0 Å². The standard InChI is InChI=1S/C14H27NO/c1-12(2)14(8-4-3-5-9-15-14)13-7-6-10-16-11-13/h12-13,15H,3-11H2,1-2H3. The third-order valence-corrected chi connectivity index (χ3v) is 4.64. The van der Waals surface area contributed by atoms with Gasteiger partial charge < -0.3 is 10.1 Å². The summed E-state index contributed by atoms with van der Waals surface area (Å²) < 4.78 is 5.71. The summed E-state index contributed by atoms with van der Waals surface area (Å²) in [6.07, 6.45) is 8.09. The second-order valence-electron chi connectivity index (χ2n) is 5.85. The van der Waals surface area contributed by atoms with Gasteiger partial charge in [0, 0.05) is 18.1 Å². The summed E-state index contributed by atoms with van der Waals surface area (Å²) in [6.45, 7) is 7.92. The Balaban J connectivity index is 2.11. The molecule has 2 unspecified atom stereocenters. The average Bonchev–Trinajstić information content (AvgIpc) is 2.56. The van der Waals surface area contributed by atoms with E-state index >= 15 is 0 Å². The Bertz CT molecular complexity index is 201. The number of hydrogen-bond acceptors (Lipinski definition) is 2. The van der Waals surface area contributed by atoms with Crippen LogP contribution in [0.2, 0.25) is 0 Å². The number of hydrogen-bond donors (Lipinski definition) is 1. The van der Waals surface area contributed by atoms with Crippen molar-refractivity contribution >= 4 is 0 Å². The van der Waals surface area contributed by atoms with Crippen LogP contribution in [0, 0.1) is 11.8 Å². The summed E-state index contributed by atoms with van der Waals surface area (Å²) in [7, 11) is 0. The van der Waals surface area contributed by atoms with Gasteiger partial charge in [-0.2, -0.15) is 0 Å². The predicted octanol–water partition coefficient (Wildman–Crippen LogP) is 2.97. The molecule has 2 heteroatoms. The molecule has 0 aromatic carbocycles. The number of ether oxygens (including phenoxy) is 1. The second kappa shape index (κ2) is 5.50. The molecule has 2 nitrogen and oxygen atoms in total. The molecule has 0 aromatic heterocycles. The van der Waals surface area contributed by atoms with Gasteiger partial charge >= 0.3 is 0 Å². The molecular weight excluding hydrogens is 198 g/mol. The van der Waals surface area contributed by atoms with E-state index in [0.717, 1.165) is 25.0 Å². The molecule has 2 heterocycles. The van der Waals surface area contributed by atoms with E-state index < -0.39 is 0 Å². The molecule has 0 radical (unpaired) electrons. The molecule has 0 aromatic rings. The maximum absolute atomic E-state index is 5.71. The lowest BCUT2D eigenvalue weighted by atomic mass is 9.70. The second-order valence-corrected chi connectivity index (χ2v) is 5.85. The van der Waals surface area contributed by atoms with E-state index in [-0.39, 0.29) is 0 Å². The first kappa shape index (κ1) is 12.4. The van der Waals surface area contributed by atoms with Crippen molar-refractivity contribution in [3.05, 3.63) is 0 Å². The molecule has 2 rings (SSSR count). The van der Waals surface area contributed by atoms with E-state index in [1.54, 1.807) is 0 Å². The Labute approximate surface area is 100 Å². The Morgan fingerprint density at radius 2 is 2.06 bits per heavy atom. The summed E-state index contributed by atoms with van der Waals surface area (Å²) in [4.78, 5) is 0.